The van der Waals surface area contributed by atoms with Crippen LogP contribution in [0, 0.1) is 28.1 Å². The molecule has 5 rings (SSSR count). The highest BCUT2D eigenvalue weighted by Crippen LogP contribution is 2.56. The van der Waals surface area contributed by atoms with Crippen LogP contribution in [0.25, 0.3) is 0 Å². The molecule has 5 aliphatic rings. The number of carbonyl (C=O) groups is 4. The number of ether oxygens (including phenoxy) is 4. The van der Waals surface area contributed by atoms with Crippen LogP contribution in [0.3, 0.4) is 0 Å². The third kappa shape index (κ3) is 5.89. The molecule has 0 amide bonds. The van der Waals surface area contributed by atoms with Gasteiger partial charge in [0.15, 0.2) is 0 Å². The molecule has 44 heavy (non-hydrogen) atoms. The van der Waals surface area contributed by atoms with Crippen molar-refractivity contribution >= 4 is 34.0 Å². The highest BCUT2D eigenvalue weighted by molar-refractivity contribution is 7.87. The van der Waals surface area contributed by atoms with Crippen molar-refractivity contribution in [3.8, 4) is 0 Å². The lowest BCUT2D eigenvalue weighted by Crippen LogP contribution is -2.48. The molecular formula is C32H48O11S. The van der Waals surface area contributed by atoms with E-state index in [0.29, 0.717) is 25.7 Å². The van der Waals surface area contributed by atoms with Crippen molar-refractivity contribution < 1.29 is 50.7 Å². The second-order valence-corrected chi connectivity index (χ2v) is 16.8. The van der Waals surface area contributed by atoms with Gasteiger partial charge in [-0.1, -0.05) is 13.8 Å². The maximum atomic E-state index is 14.2. The summed E-state index contributed by atoms with van der Waals surface area (Å²) >= 11 is 0. The van der Waals surface area contributed by atoms with Crippen LogP contribution in [0.15, 0.2) is 0 Å². The predicted molar refractivity (Wildman–Crippen MR) is 156 cm³/mol. The fourth-order valence-electron chi connectivity index (χ4n) is 8.51. The normalized spacial score (nSPS) is 34.2. The first-order valence-electron chi connectivity index (χ1n) is 16.2. The Hall–Kier alpha value is -2.21. The van der Waals surface area contributed by atoms with Gasteiger partial charge in [0.05, 0.1) is 28.1 Å². The minimum absolute atomic E-state index is 0.0130. The van der Waals surface area contributed by atoms with E-state index in [-0.39, 0.29) is 37.7 Å². The van der Waals surface area contributed by atoms with E-state index in [1.165, 1.54) is 0 Å². The minimum atomic E-state index is -3.66. The summed E-state index contributed by atoms with van der Waals surface area (Å²) < 4.78 is 53.1. The fraction of sp³-hybridized carbons (Fsp3) is 0.875. The van der Waals surface area contributed by atoms with E-state index < -0.39 is 79.4 Å². The molecule has 12 heteroatoms. The zero-order valence-corrected chi connectivity index (χ0v) is 27.7. The zero-order chi connectivity index (χ0) is 32.3. The molecule has 5 fully saturated rings. The molecule has 2 heterocycles. The van der Waals surface area contributed by atoms with Crippen LogP contribution in [0.5, 0.6) is 0 Å². The van der Waals surface area contributed by atoms with Crippen LogP contribution in [-0.2, 0) is 52.4 Å². The van der Waals surface area contributed by atoms with E-state index in [1.54, 1.807) is 27.7 Å². The van der Waals surface area contributed by atoms with Gasteiger partial charge in [0.1, 0.15) is 17.8 Å². The third-order valence-corrected chi connectivity index (χ3v) is 13.0. The van der Waals surface area contributed by atoms with Crippen molar-refractivity contribution in [2.45, 2.75) is 141 Å². The van der Waals surface area contributed by atoms with Crippen molar-refractivity contribution in [1.29, 1.82) is 0 Å². The van der Waals surface area contributed by atoms with E-state index in [1.807, 2.05) is 13.8 Å². The Morgan fingerprint density at radius 3 is 2.20 bits per heavy atom. The molecular weight excluding hydrogens is 592 g/mol. The van der Waals surface area contributed by atoms with Crippen molar-refractivity contribution in [1.82, 2.24) is 0 Å². The summed E-state index contributed by atoms with van der Waals surface area (Å²) in [5.74, 6) is -2.49. The standard InChI is InChI=1S/C32H48O11S/c1-7-30(5,27(35)40-21-11-14-39-25(21)33)18-31(6,28(36)42-32(8-2)12-9-10-13-32)17-29(3,4)26(34)41-23-19-15-20-22(16-19)44(37,38)43-24(20)23/h19-24H,7-18H2,1-6H3. The smallest absolute Gasteiger partial charge is 0.347 e. The molecule has 3 aliphatic carbocycles. The van der Waals surface area contributed by atoms with Crippen molar-refractivity contribution in [2.75, 3.05) is 6.61 Å². The second kappa shape index (κ2) is 11.5. The van der Waals surface area contributed by atoms with Gasteiger partial charge < -0.3 is 18.9 Å². The lowest BCUT2D eigenvalue weighted by Gasteiger charge is -2.42. The van der Waals surface area contributed by atoms with Gasteiger partial charge in [0.2, 0.25) is 6.10 Å². The quantitative estimate of drug-likeness (QED) is 0.170. The van der Waals surface area contributed by atoms with Gasteiger partial charge in [0, 0.05) is 18.3 Å². The molecule has 2 aliphatic heterocycles. The summed E-state index contributed by atoms with van der Waals surface area (Å²) in [6.45, 7) is 10.8. The summed E-state index contributed by atoms with van der Waals surface area (Å²) in [5, 5.41) is -0.530. The lowest BCUT2D eigenvalue weighted by molar-refractivity contribution is -0.183. The van der Waals surface area contributed by atoms with Gasteiger partial charge in [-0.3, -0.25) is 18.6 Å². The molecule has 0 N–H and O–H groups in total. The third-order valence-electron chi connectivity index (χ3n) is 11.2. The first-order chi connectivity index (χ1) is 20.5. The molecule has 0 spiro atoms. The summed E-state index contributed by atoms with van der Waals surface area (Å²) in [6.07, 6.45) is 3.43. The van der Waals surface area contributed by atoms with Gasteiger partial charge in [-0.2, -0.15) is 8.42 Å². The Kier molecular flexibility index (Phi) is 8.70. The highest BCUT2D eigenvalue weighted by Gasteiger charge is 2.66. The van der Waals surface area contributed by atoms with Crippen LogP contribution in [-0.4, -0.2) is 68.1 Å². The second-order valence-electron chi connectivity index (χ2n) is 15.1. The summed E-state index contributed by atoms with van der Waals surface area (Å²) in [6, 6.07) is 0. The molecule has 8 unspecified atom stereocenters. The Morgan fingerprint density at radius 2 is 1.61 bits per heavy atom. The molecule has 0 aromatic rings. The zero-order valence-electron chi connectivity index (χ0n) is 26.8. The molecule has 2 bridgehead atoms. The van der Waals surface area contributed by atoms with Crippen molar-refractivity contribution in [3.63, 3.8) is 0 Å². The molecule has 0 aromatic carbocycles. The van der Waals surface area contributed by atoms with Gasteiger partial charge in [-0.25, -0.2) is 4.79 Å². The molecule has 2 saturated heterocycles. The minimum Gasteiger partial charge on any atom is -0.463 e. The van der Waals surface area contributed by atoms with E-state index in [9.17, 15) is 27.6 Å². The summed E-state index contributed by atoms with van der Waals surface area (Å²) in [7, 11) is -3.66. The average molecular weight is 641 g/mol. The maximum Gasteiger partial charge on any atom is 0.347 e. The molecule has 8 atom stereocenters. The van der Waals surface area contributed by atoms with E-state index in [0.717, 1.165) is 25.7 Å². The Balaban J connectivity index is 1.37. The lowest BCUT2D eigenvalue weighted by atomic mass is 9.65. The van der Waals surface area contributed by atoms with Gasteiger partial charge in [-0.05, 0) is 91.9 Å². The number of hydrogen-bond acceptors (Lipinski definition) is 11. The number of hydrogen-bond donors (Lipinski definition) is 0. The van der Waals surface area contributed by atoms with Crippen LogP contribution in [0.1, 0.15) is 112 Å². The summed E-state index contributed by atoms with van der Waals surface area (Å²) in [5.41, 5.74) is -4.27. The number of rotatable bonds is 12. The molecule has 3 saturated carbocycles. The van der Waals surface area contributed by atoms with Crippen LogP contribution >= 0.6 is 0 Å². The first kappa shape index (κ1) is 33.2. The Morgan fingerprint density at radius 1 is 0.932 bits per heavy atom. The average Bonchev–Trinajstić information content (AvgIpc) is 3.76. The predicted octanol–water partition coefficient (Wildman–Crippen LogP) is 4.39. The van der Waals surface area contributed by atoms with Gasteiger partial charge >= 0.3 is 23.9 Å². The Labute approximate surface area is 260 Å². The monoisotopic (exact) mass is 640 g/mol. The molecule has 248 valence electrons. The SMILES string of the molecule is CCC1(OC(=O)C(C)(CC(C)(C)C(=O)OC2C3CC4C2OS(=O)(=O)C4C3)CC(C)(CC)C(=O)OC2CCOC2=O)CCCC1. The largest absolute Gasteiger partial charge is 0.463 e. The van der Waals surface area contributed by atoms with E-state index in [2.05, 4.69) is 0 Å². The topological polar surface area (TPSA) is 149 Å². The molecule has 0 radical (unpaired) electrons. The first-order valence-corrected chi connectivity index (χ1v) is 17.7. The van der Waals surface area contributed by atoms with Crippen molar-refractivity contribution in [3.05, 3.63) is 0 Å². The van der Waals surface area contributed by atoms with E-state index in [4.69, 9.17) is 23.1 Å². The highest BCUT2D eigenvalue weighted by atomic mass is 32.2. The number of cyclic esters (lactones) is 1. The fourth-order valence-corrected chi connectivity index (χ4v) is 10.4. The van der Waals surface area contributed by atoms with Crippen LogP contribution in [0.2, 0.25) is 0 Å². The Bertz CT molecular complexity index is 1280. The number of carbonyl (C=O) groups excluding carboxylic acids is 4. The summed E-state index contributed by atoms with van der Waals surface area (Å²) in [4.78, 5) is 53.6. The molecule has 0 aromatic heterocycles. The van der Waals surface area contributed by atoms with E-state index >= 15 is 0 Å². The number of fused-ring (bicyclic) bond motifs is 1. The van der Waals surface area contributed by atoms with Gasteiger partial charge in [-0.15, -0.1) is 0 Å². The molecule has 11 nitrogen and oxygen atoms in total. The maximum absolute atomic E-state index is 14.2. The van der Waals surface area contributed by atoms with Gasteiger partial charge in [0.25, 0.3) is 10.1 Å². The van der Waals surface area contributed by atoms with Crippen LogP contribution in [0.4, 0.5) is 0 Å². The number of esters is 4. The van der Waals surface area contributed by atoms with Crippen LogP contribution < -0.4 is 0 Å². The van der Waals surface area contributed by atoms with Crippen molar-refractivity contribution in [2.24, 2.45) is 28.1 Å².